The summed E-state index contributed by atoms with van der Waals surface area (Å²) in [5, 5.41) is 7.15. The number of guanidine groups is 1. The Labute approximate surface area is 196 Å². The molecule has 29 heavy (non-hydrogen) atoms. The Balaban J connectivity index is 0.00000420. The number of halogens is 1. The van der Waals surface area contributed by atoms with Crippen LogP contribution in [0.1, 0.15) is 53.9 Å². The first kappa shape index (κ1) is 26.9. The van der Waals surface area contributed by atoms with E-state index < -0.39 is 0 Å². The van der Waals surface area contributed by atoms with Crippen molar-refractivity contribution in [3.63, 3.8) is 0 Å². The molecule has 3 unspecified atom stereocenters. The first-order chi connectivity index (χ1) is 13.3. The molecule has 6 nitrogen and oxygen atoms in total. The molecule has 0 aromatic heterocycles. The van der Waals surface area contributed by atoms with Gasteiger partial charge in [0.1, 0.15) is 0 Å². The Morgan fingerprint density at radius 2 is 1.83 bits per heavy atom. The van der Waals surface area contributed by atoms with E-state index in [1.807, 2.05) is 7.05 Å². The summed E-state index contributed by atoms with van der Waals surface area (Å²) in [6, 6.07) is 0.516. The zero-order chi connectivity index (χ0) is 20.6. The lowest BCUT2D eigenvalue weighted by Gasteiger charge is -2.40. The number of nitrogens with one attached hydrogen (secondary N) is 2. The standard InChI is InChI=1S/C22H44N4O2.HI/c1-17(2)14-19(26-9-12-27-13-10-26)16-25-21(23-6)24-15-18-8-7-11-28-20(18)22(3,4)5;/h17-20H,7-16H2,1-6H3,(H2,23,24,25);1H. The topological polar surface area (TPSA) is 58.1 Å². The van der Waals surface area contributed by atoms with Crippen molar-refractivity contribution in [3.8, 4) is 0 Å². The molecule has 0 spiro atoms. The van der Waals surface area contributed by atoms with Crippen molar-refractivity contribution in [2.45, 2.75) is 66.0 Å². The lowest BCUT2D eigenvalue weighted by atomic mass is 9.78. The second-order valence-electron chi connectivity index (χ2n) is 9.83. The minimum atomic E-state index is 0. The molecule has 7 heteroatoms. The fraction of sp³-hybridized carbons (Fsp3) is 0.955. The summed E-state index contributed by atoms with van der Waals surface area (Å²) in [6.45, 7) is 17.9. The molecule has 0 radical (unpaired) electrons. The fourth-order valence-electron chi connectivity index (χ4n) is 4.52. The molecule has 2 heterocycles. The monoisotopic (exact) mass is 524 g/mol. The molecule has 2 saturated heterocycles. The lowest BCUT2D eigenvalue weighted by Crippen LogP contribution is -2.52. The predicted octanol–water partition coefficient (Wildman–Crippen LogP) is 3.36. The van der Waals surface area contributed by atoms with E-state index in [9.17, 15) is 0 Å². The van der Waals surface area contributed by atoms with Crippen molar-refractivity contribution >= 4 is 29.9 Å². The van der Waals surface area contributed by atoms with Crippen LogP contribution in [0.5, 0.6) is 0 Å². The van der Waals surface area contributed by atoms with Crippen LogP contribution in [0.4, 0.5) is 0 Å². The second kappa shape index (κ2) is 13.3. The highest BCUT2D eigenvalue weighted by Gasteiger charge is 2.35. The average molecular weight is 525 g/mol. The van der Waals surface area contributed by atoms with Crippen LogP contribution in [0.3, 0.4) is 0 Å². The fourth-order valence-corrected chi connectivity index (χ4v) is 4.52. The number of aliphatic imine (C=N–C) groups is 1. The van der Waals surface area contributed by atoms with Gasteiger partial charge in [-0.1, -0.05) is 34.6 Å². The maximum absolute atomic E-state index is 6.12. The van der Waals surface area contributed by atoms with E-state index in [0.717, 1.165) is 58.4 Å². The summed E-state index contributed by atoms with van der Waals surface area (Å²) in [4.78, 5) is 7.03. The summed E-state index contributed by atoms with van der Waals surface area (Å²) >= 11 is 0. The van der Waals surface area contributed by atoms with E-state index in [1.165, 1.54) is 12.8 Å². The minimum absolute atomic E-state index is 0. The number of ether oxygens (including phenoxy) is 2. The molecule has 0 bridgehead atoms. The summed E-state index contributed by atoms with van der Waals surface area (Å²) < 4.78 is 11.7. The Morgan fingerprint density at radius 3 is 2.41 bits per heavy atom. The van der Waals surface area contributed by atoms with E-state index in [4.69, 9.17) is 9.47 Å². The van der Waals surface area contributed by atoms with Crippen LogP contribution in [0.2, 0.25) is 0 Å². The normalized spacial score (nSPS) is 25.4. The molecule has 0 aromatic rings. The first-order valence-electron chi connectivity index (χ1n) is 11.2. The predicted molar refractivity (Wildman–Crippen MR) is 132 cm³/mol. The maximum Gasteiger partial charge on any atom is 0.191 e. The van der Waals surface area contributed by atoms with Gasteiger partial charge < -0.3 is 20.1 Å². The largest absolute Gasteiger partial charge is 0.379 e. The second-order valence-corrected chi connectivity index (χ2v) is 9.83. The molecule has 2 aliphatic heterocycles. The zero-order valence-electron chi connectivity index (χ0n) is 19.5. The van der Waals surface area contributed by atoms with Crippen molar-refractivity contribution in [3.05, 3.63) is 0 Å². The molecule has 3 atom stereocenters. The smallest absolute Gasteiger partial charge is 0.191 e. The van der Waals surface area contributed by atoms with Gasteiger partial charge >= 0.3 is 0 Å². The third kappa shape index (κ3) is 9.27. The minimum Gasteiger partial charge on any atom is -0.379 e. The number of nitrogens with zero attached hydrogens (tertiary/aromatic N) is 2. The maximum atomic E-state index is 6.12. The molecule has 0 saturated carbocycles. The van der Waals surface area contributed by atoms with Gasteiger partial charge in [0.15, 0.2) is 5.96 Å². The number of hydrogen-bond donors (Lipinski definition) is 2. The number of morpholine rings is 1. The van der Waals surface area contributed by atoms with Gasteiger partial charge in [-0.15, -0.1) is 24.0 Å². The number of hydrogen-bond acceptors (Lipinski definition) is 4. The van der Waals surface area contributed by atoms with Crippen molar-refractivity contribution in [1.29, 1.82) is 0 Å². The average Bonchev–Trinajstić information content (AvgIpc) is 2.67. The van der Waals surface area contributed by atoms with Gasteiger partial charge in [0.2, 0.25) is 0 Å². The van der Waals surface area contributed by atoms with E-state index in [-0.39, 0.29) is 29.4 Å². The zero-order valence-corrected chi connectivity index (χ0v) is 21.8. The summed E-state index contributed by atoms with van der Waals surface area (Å²) in [5.41, 5.74) is 0.169. The van der Waals surface area contributed by atoms with Gasteiger partial charge in [-0.25, -0.2) is 0 Å². The Kier molecular flexibility index (Phi) is 12.4. The Hall–Kier alpha value is -0.120. The van der Waals surface area contributed by atoms with Crippen molar-refractivity contribution < 1.29 is 9.47 Å². The Morgan fingerprint density at radius 1 is 1.14 bits per heavy atom. The lowest BCUT2D eigenvalue weighted by molar-refractivity contribution is -0.0835. The molecule has 0 amide bonds. The van der Waals surface area contributed by atoms with Crippen molar-refractivity contribution in [2.75, 3.05) is 53.0 Å². The van der Waals surface area contributed by atoms with Crippen LogP contribution in [0.15, 0.2) is 4.99 Å². The van der Waals surface area contributed by atoms with E-state index >= 15 is 0 Å². The van der Waals surface area contributed by atoms with Gasteiger partial charge in [-0.3, -0.25) is 9.89 Å². The molecule has 2 rings (SSSR count). The van der Waals surface area contributed by atoms with Crippen molar-refractivity contribution in [1.82, 2.24) is 15.5 Å². The summed E-state index contributed by atoms with van der Waals surface area (Å²) in [6.07, 6.45) is 3.86. The summed E-state index contributed by atoms with van der Waals surface area (Å²) in [5.74, 6) is 2.11. The molecular formula is C22H45IN4O2. The highest BCUT2D eigenvalue weighted by Crippen LogP contribution is 2.33. The van der Waals surface area contributed by atoms with Gasteiger partial charge in [-0.05, 0) is 30.6 Å². The number of rotatable bonds is 7. The van der Waals surface area contributed by atoms with Crippen LogP contribution in [-0.4, -0.2) is 76.1 Å². The SMILES string of the molecule is CN=C(NCC1CCCOC1C(C)(C)C)NCC(CC(C)C)N1CCOCC1.I. The van der Waals surface area contributed by atoms with E-state index in [1.54, 1.807) is 0 Å². The van der Waals surface area contributed by atoms with E-state index in [0.29, 0.717) is 24.0 Å². The van der Waals surface area contributed by atoms with Crippen LogP contribution in [0.25, 0.3) is 0 Å². The molecule has 0 aromatic carbocycles. The van der Waals surface area contributed by atoms with Crippen LogP contribution >= 0.6 is 24.0 Å². The first-order valence-corrected chi connectivity index (χ1v) is 11.2. The van der Waals surface area contributed by atoms with Gasteiger partial charge in [0.05, 0.1) is 19.3 Å². The van der Waals surface area contributed by atoms with Gasteiger partial charge in [0, 0.05) is 51.8 Å². The molecule has 2 aliphatic rings. The highest BCUT2D eigenvalue weighted by atomic mass is 127. The van der Waals surface area contributed by atoms with Crippen molar-refractivity contribution in [2.24, 2.45) is 22.2 Å². The molecule has 172 valence electrons. The van der Waals surface area contributed by atoms with Gasteiger partial charge in [-0.2, -0.15) is 0 Å². The third-order valence-corrected chi connectivity index (χ3v) is 5.86. The van der Waals surface area contributed by atoms with Crippen LogP contribution in [-0.2, 0) is 9.47 Å². The molecule has 2 fully saturated rings. The van der Waals surface area contributed by atoms with Gasteiger partial charge in [0.25, 0.3) is 0 Å². The third-order valence-electron chi connectivity index (χ3n) is 5.86. The summed E-state index contributed by atoms with van der Waals surface area (Å²) in [7, 11) is 1.86. The highest BCUT2D eigenvalue weighted by molar-refractivity contribution is 14.0. The van der Waals surface area contributed by atoms with Crippen LogP contribution < -0.4 is 10.6 Å². The molecule has 0 aliphatic carbocycles. The van der Waals surface area contributed by atoms with E-state index in [2.05, 4.69) is 55.1 Å². The molecule has 2 N–H and O–H groups in total. The van der Waals surface area contributed by atoms with Crippen LogP contribution in [0, 0.1) is 17.3 Å². The molecular weight excluding hydrogens is 479 g/mol. The Bertz CT molecular complexity index is 476. The quantitative estimate of drug-likeness (QED) is 0.304.